The monoisotopic (exact) mass is 311 g/mol. The SMILES string of the molecule is CC(C)CC[C@@H](C)NC(=O)CCCN1C(=O)NC(C)(C)C1=O. The van der Waals surface area contributed by atoms with Gasteiger partial charge in [0.05, 0.1) is 0 Å². The van der Waals surface area contributed by atoms with Crippen molar-refractivity contribution in [2.75, 3.05) is 6.54 Å². The first-order valence-corrected chi connectivity index (χ1v) is 8.07. The molecule has 1 rings (SSSR count). The van der Waals surface area contributed by atoms with Crippen molar-refractivity contribution >= 4 is 17.8 Å². The van der Waals surface area contributed by atoms with Gasteiger partial charge in [0, 0.05) is 19.0 Å². The van der Waals surface area contributed by atoms with Crippen LogP contribution in [0.5, 0.6) is 0 Å². The number of nitrogens with zero attached hydrogens (tertiary/aromatic N) is 1. The molecule has 0 aromatic heterocycles. The highest BCUT2D eigenvalue weighted by molar-refractivity contribution is 6.06. The fourth-order valence-electron chi connectivity index (χ4n) is 2.42. The minimum Gasteiger partial charge on any atom is -0.354 e. The van der Waals surface area contributed by atoms with Crippen molar-refractivity contribution in [3.63, 3.8) is 0 Å². The average Bonchev–Trinajstić information content (AvgIpc) is 2.58. The zero-order chi connectivity index (χ0) is 16.9. The molecular weight excluding hydrogens is 282 g/mol. The highest BCUT2D eigenvalue weighted by Gasteiger charge is 2.43. The Morgan fingerprint density at radius 2 is 1.86 bits per heavy atom. The van der Waals surface area contributed by atoms with Gasteiger partial charge in [-0.3, -0.25) is 14.5 Å². The highest BCUT2D eigenvalue weighted by Crippen LogP contribution is 2.17. The van der Waals surface area contributed by atoms with Gasteiger partial charge in [-0.2, -0.15) is 0 Å². The summed E-state index contributed by atoms with van der Waals surface area (Å²) in [4.78, 5) is 36.7. The molecule has 0 radical (unpaired) electrons. The molecule has 1 fully saturated rings. The van der Waals surface area contributed by atoms with Crippen LogP contribution in [0.25, 0.3) is 0 Å². The predicted molar refractivity (Wildman–Crippen MR) is 85.2 cm³/mol. The molecule has 1 aliphatic rings. The first-order chi connectivity index (χ1) is 10.1. The number of imide groups is 1. The van der Waals surface area contributed by atoms with Gasteiger partial charge in [0.1, 0.15) is 5.54 Å². The standard InChI is InChI=1S/C16H29N3O3/c1-11(2)8-9-12(3)17-13(20)7-6-10-19-14(21)16(4,5)18-15(19)22/h11-12H,6-10H2,1-5H3,(H,17,20)(H,18,22)/t12-/m1/s1. The highest BCUT2D eigenvalue weighted by atomic mass is 16.2. The third kappa shape index (κ3) is 5.31. The average molecular weight is 311 g/mol. The van der Waals surface area contributed by atoms with E-state index in [-0.39, 0.29) is 30.4 Å². The van der Waals surface area contributed by atoms with Crippen LogP contribution in [-0.4, -0.2) is 40.9 Å². The number of amides is 4. The van der Waals surface area contributed by atoms with Gasteiger partial charge in [-0.25, -0.2) is 4.79 Å². The van der Waals surface area contributed by atoms with Gasteiger partial charge in [0.15, 0.2) is 0 Å². The molecule has 0 aromatic rings. The van der Waals surface area contributed by atoms with Gasteiger partial charge >= 0.3 is 6.03 Å². The molecule has 6 nitrogen and oxygen atoms in total. The first kappa shape index (κ1) is 18.5. The topological polar surface area (TPSA) is 78.5 Å². The molecule has 2 N–H and O–H groups in total. The van der Waals surface area contributed by atoms with E-state index in [0.717, 1.165) is 12.8 Å². The summed E-state index contributed by atoms with van der Waals surface area (Å²) in [7, 11) is 0. The van der Waals surface area contributed by atoms with E-state index in [4.69, 9.17) is 0 Å². The molecule has 0 spiro atoms. The molecule has 1 atom stereocenters. The number of carbonyl (C=O) groups is 3. The summed E-state index contributed by atoms with van der Waals surface area (Å²) in [6, 6.07) is -0.216. The molecule has 6 heteroatoms. The number of hydrogen-bond donors (Lipinski definition) is 2. The Labute approximate surface area is 133 Å². The summed E-state index contributed by atoms with van der Waals surface area (Å²) >= 11 is 0. The van der Waals surface area contributed by atoms with Crippen molar-refractivity contribution in [3.8, 4) is 0 Å². The number of rotatable bonds is 8. The maximum atomic E-state index is 12.0. The minimum atomic E-state index is -0.843. The number of nitrogens with one attached hydrogen (secondary N) is 2. The third-order valence-corrected chi connectivity index (χ3v) is 3.81. The van der Waals surface area contributed by atoms with E-state index in [1.165, 1.54) is 4.90 Å². The van der Waals surface area contributed by atoms with E-state index in [9.17, 15) is 14.4 Å². The van der Waals surface area contributed by atoms with E-state index in [1.807, 2.05) is 6.92 Å². The molecule has 0 saturated carbocycles. The number of urea groups is 1. The summed E-state index contributed by atoms with van der Waals surface area (Å²) in [6.45, 7) is 9.96. The Bertz CT molecular complexity index is 432. The van der Waals surface area contributed by atoms with Crippen molar-refractivity contribution in [3.05, 3.63) is 0 Å². The van der Waals surface area contributed by atoms with Crippen LogP contribution in [0.4, 0.5) is 4.79 Å². The summed E-state index contributed by atoms with van der Waals surface area (Å²) in [5, 5.41) is 5.58. The third-order valence-electron chi connectivity index (χ3n) is 3.81. The summed E-state index contributed by atoms with van der Waals surface area (Å²) in [5.74, 6) is 0.369. The van der Waals surface area contributed by atoms with E-state index < -0.39 is 5.54 Å². The molecule has 1 aliphatic heterocycles. The second-order valence-electron chi connectivity index (χ2n) is 7.06. The van der Waals surface area contributed by atoms with Crippen molar-refractivity contribution in [1.82, 2.24) is 15.5 Å². The van der Waals surface area contributed by atoms with Crippen molar-refractivity contribution in [2.45, 2.75) is 71.9 Å². The molecule has 0 bridgehead atoms. The van der Waals surface area contributed by atoms with E-state index >= 15 is 0 Å². The van der Waals surface area contributed by atoms with Gasteiger partial charge in [-0.15, -0.1) is 0 Å². The van der Waals surface area contributed by atoms with Crippen LogP contribution >= 0.6 is 0 Å². The van der Waals surface area contributed by atoms with E-state index in [0.29, 0.717) is 18.8 Å². The Balaban J connectivity index is 2.28. The van der Waals surface area contributed by atoms with Crippen LogP contribution in [0.3, 0.4) is 0 Å². The summed E-state index contributed by atoms with van der Waals surface area (Å²) in [6.07, 6.45) is 2.85. The molecule has 22 heavy (non-hydrogen) atoms. The minimum absolute atomic E-state index is 0.0254. The second-order valence-corrected chi connectivity index (χ2v) is 7.06. The molecule has 0 aromatic carbocycles. The van der Waals surface area contributed by atoms with E-state index in [1.54, 1.807) is 13.8 Å². The Hall–Kier alpha value is -1.59. The van der Waals surface area contributed by atoms with Crippen molar-refractivity contribution in [2.24, 2.45) is 5.92 Å². The van der Waals surface area contributed by atoms with Crippen LogP contribution in [-0.2, 0) is 9.59 Å². The smallest absolute Gasteiger partial charge is 0.325 e. The van der Waals surface area contributed by atoms with Crippen LogP contribution in [0, 0.1) is 5.92 Å². The second kappa shape index (κ2) is 7.61. The Kier molecular flexibility index (Phi) is 6.38. The lowest BCUT2D eigenvalue weighted by atomic mass is 10.0. The van der Waals surface area contributed by atoms with Gasteiger partial charge in [0.25, 0.3) is 5.91 Å². The van der Waals surface area contributed by atoms with Gasteiger partial charge in [-0.1, -0.05) is 13.8 Å². The lowest BCUT2D eigenvalue weighted by molar-refractivity contribution is -0.130. The van der Waals surface area contributed by atoms with E-state index in [2.05, 4.69) is 24.5 Å². The molecule has 0 unspecified atom stereocenters. The van der Waals surface area contributed by atoms with Gasteiger partial charge < -0.3 is 10.6 Å². The van der Waals surface area contributed by atoms with Crippen LogP contribution in [0.1, 0.15) is 60.3 Å². The fourth-order valence-corrected chi connectivity index (χ4v) is 2.42. The van der Waals surface area contributed by atoms with Crippen LogP contribution in [0.2, 0.25) is 0 Å². The number of carbonyl (C=O) groups excluding carboxylic acids is 3. The molecule has 1 heterocycles. The Morgan fingerprint density at radius 1 is 1.23 bits per heavy atom. The van der Waals surface area contributed by atoms with Crippen molar-refractivity contribution in [1.29, 1.82) is 0 Å². The van der Waals surface area contributed by atoms with Gasteiger partial charge in [0.2, 0.25) is 5.91 Å². The Morgan fingerprint density at radius 3 is 2.36 bits per heavy atom. The molecule has 126 valence electrons. The van der Waals surface area contributed by atoms with Crippen LogP contribution < -0.4 is 10.6 Å². The zero-order valence-corrected chi connectivity index (χ0v) is 14.4. The van der Waals surface area contributed by atoms with Gasteiger partial charge in [-0.05, 0) is 46.0 Å². The predicted octanol–water partition coefficient (Wildman–Crippen LogP) is 2.04. The molecular formula is C16H29N3O3. The zero-order valence-electron chi connectivity index (χ0n) is 14.4. The normalized spacial score (nSPS) is 18.5. The maximum absolute atomic E-state index is 12.0. The summed E-state index contributed by atoms with van der Waals surface area (Å²) < 4.78 is 0. The molecule has 4 amide bonds. The lowest BCUT2D eigenvalue weighted by Gasteiger charge is -2.17. The van der Waals surface area contributed by atoms with Crippen LogP contribution in [0.15, 0.2) is 0 Å². The number of hydrogen-bond acceptors (Lipinski definition) is 3. The fraction of sp³-hybridized carbons (Fsp3) is 0.812. The lowest BCUT2D eigenvalue weighted by Crippen LogP contribution is -2.40. The largest absolute Gasteiger partial charge is 0.354 e. The maximum Gasteiger partial charge on any atom is 0.325 e. The van der Waals surface area contributed by atoms with Crippen molar-refractivity contribution < 1.29 is 14.4 Å². The summed E-state index contributed by atoms with van der Waals surface area (Å²) in [5.41, 5.74) is -0.843. The molecule has 1 saturated heterocycles. The molecule has 0 aliphatic carbocycles. The first-order valence-electron chi connectivity index (χ1n) is 8.07. The quantitative estimate of drug-likeness (QED) is 0.673.